The number of nitrogens with two attached hydrogens (primary N) is 1. The van der Waals surface area contributed by atoms with Crippen LogP contribution in [0.3, 0.4) is 0 Å². The van der Waals surface area contributed by atoms with Gasteiger partial charge in [-0.2, -0.15) is 8.78 Å². The van der Waals surface area contributed by atoms with Gasteiger partial charge >= 0.3 is 6.61 Å². The fraction of sp³-hybridized carbons (Fsp3) is 0.188. The fourth-order valence-electron chi connectivity index (χ4n) is 2.12. The Morgan fingerprint density at radius 2 is 2.07 bits per heavy atom. The van der Waals surface area contributed by atoms with Gasteiger partial charge < -0.3 is 15.9 Å². The largest absolute Gasteiger partial charge is 0.435 e. The Labute approximate surface area is 161 Å². The van der Waals surface area contributed by atoms with Crippen LogP contribution >= 0.6 is 23.1 Å². The van der Waals surface area contributed by atoms with E-state index in [0.29, 0.717) is 11.0 Å². The number of halogens is 2. The first-order valence-corrected chi connectivity index (χ1v) is 9.57. The number of benzene rings is 1. The molecule has 0 atom stereocenters. The molecule has 0 spiro atoms. The first-order valence-electron chi connectivity index (χ1n) is 7.70. The van der Waals surface area contributed by atoms with Crippen LogP contribution in [-0.2, 0) is 11.3 Å². The summed E-state index contributed by atoms with van der Waals surface area (Å²) >= 11 is 2.67. The molecule has 3 N–H and O–H groups in total. The number of hydrogen-bond donors (Lipinski definition) is 2. The molecule has 0 unspecified atom stereocenters. The van der Waals surface area contributed by atoms with E-state index in [2.05, 4.69) is 20.3 Å². The van der Waals surface area contributed by atoms with Gasteiger partial charge in [0.15, 0.2) is 5.82 Å². The van der Waals surface area contributed by atoms with Gasteiger partial charge in [-0.1, -0.05) is 30.0 Å². The molecule has 7 nitrogen and oxygen atoms in total. The molecule has 1 aromatic carbocycles. The number of thioether (sulfide) groups is 1. The van der Waals surface area contributed by atoms with Crippen LogP contribution in [0, 0.1) is 0 Å². The molecule has 0 radical (unpaired) electrons. The van der Waals surface area contributed by atoms with E-state index >= 15 is 0 Å². The van der Waals surface area contributed by atoms with Crippen LogP contribution in [0.5, 0.6) is 5.75 Å². The highest BCUT2D eigenvalue weighted by molar-refractivity contribution is 7.99. The molecule has 0 fully saturated rings. The second-order valence-electron chi connectivity index (χ2n) is 5.24. The average molecular weight is 411 g/mol. The molecule has 3 rings (SSSR count). The van der Waals surface area contributed by atoms with Crippen molar-refractivity contribution in [2.24, 2.45) is 0 Å². The first kappa shape index (κ1) is 19.1. The quantitative estimate of drug-likeness (QED) is 0.437. The number of aromatic nitrogens is 3. The van der Waals surface area contributed by atoms with Gasteiger partial charge in [0.1, 0.15) is 5.75 Å². The third-order valence-electron chi connectivity index (χ3n) is 3.38. The third-order valence-corrected chi connectivity index (χ3v) is 5.19. The number of nitrogens with one attached hydrogen (secondary N) is 1. The van der Waals surface area contributed by atoms with E-state index in [0.717, 1.165) is 10.4 Å². The van der Waals surface area contributed by atoms with E-state index in [9.17, 15) is 13.6 Å². The summed E-state index contributed by atoms with van der Waals surface area (Å²) in [5.74, 6) is 6.49. The number of alkyl halides is 2. The Balaban J connectivity index is 1.47. The van der Waals surface area contributed by atoms with Crippen molar-refractivity contribution in [3.63, 3.8) is 0 Å². The maximum Gasteiger partial charge on any atom is 0.387 e. The van der Waals surface area contributed by atoms with Crippen molar-refractivity contribution >= 4 is 29.0 Å². The van der Waals surface area contributed by atoms with Crippen LogP contribution in [0.15, 0.2) is 46.9 Å². The zero-order valence-electron chi connectivity index (χ0n) is 13.8. The van der Waals surface area contributed by atoms with Crippen molar-refractivity contribution in [2.45, 2.75) is 18.3 Å². The lowest BCUT2D eigenvalue weighted by molar-refractivity contribution is -0.118. The van der Waals surface area contributed by atoms with E-state index in [4.69, 9.17) is 5.84 Å². The highest BCUT2D eigenvalue weighted by Gasteiger charge is 2.14. The summed E-state index contributed by atoms with van der Waals surface area (Å²) in [6.07, 6.45) is 0. The number of amides is 1. The van der Waals surface area contributed by atoms with Crippen molar-refractivity contribution in [1.29, 1.82) is 0 Å². The molecule has 0 saturated heterocycles. The van der Waals surface area contributed by atoms with Crippen LogP contribution in [0.1, 0.15) is 5.56 Å². The van der Waals surface area contributed by atoms with E-state index in [-0.39, 0.29) is 24.0 Å². The predicted octanol–water partition coefficient (Wildman–Crippen LogP) is 2.73. The third kappa shape index (κ3) is 5.17. The van der Waals surface area contributed by atoms with Crippen LogP contribution in [0.4, 0.5) is 8.78 Å². The number of nitrogen functional groups attached to an aromatic ring is 1. The number of carbonyl (C=O) groups is 1. The SMILES string of the molecule is Nn1c(SCC(=O)NCc2ccc(OC(F)F)cc2)nnc1-c1cccs1. The maximum absolute atomic E-state index is 12.1. The van der Waals surface area contributed by atoms with Gasteiger partial charge in [0.2, 0.25) is 11.1 Å². The molecule has 0 bridgehead atoms. The van der Waals surface area contributed by atoms with Gasteiger partial charge in [0, 0.05) is 6.54 Å². The average Bonchev–Trinajstić information content (AvgIpc) is 3.28. The lowest BCUT2D eigenvalue weighted by Gasteiger charge is -2.07. The molecule has 142 valence electrons. The van der Waals surface area contributed by atoms with E-state index < -0.39 is 6.61 Å². The van der Waals surface area contributed by atoms with Crippen LogP contribution in [-0.4, -0.2) is 33.1 Å². The fourth-order valence-corrected chi connectivity index (χ4v) is 3.51. The molecule has 2 heterocycles. The van der Waals surface area contributed by atoms with Gasteiger partial charge in [-0.25, -0.2) is 4.68 Å². The number of hydrogen-bond acceptors (Lipinski definition) is 7. The molecule has 0 aliphatic heterocycles. The Kier molecular flexibility index (Phi) is 6.24. The smallest absolute Gasteiger partial charge is 0.387 e. The minimum absolute atomic E-state index is 0.0689. The van der Waals surface area contributed by atoms with Crippen LogP contribution in [0.2, 0.25) is 0 Å². The predicted molar refractivity (Wildman–Crippen MR) is 99.1 cm³/mol. The summed E-state index contributed by atoms with van der Waals surface area (Å²) < 4.78 is 29.8. The number of carbonyl (C=O) groups excluding carboxylic acids is 1. The van der Waals surface area contributed by atoms with Gasteiger partial charge in [-0.05, 0) is 29.1 Å². The number of ether oxygens (including phenoxy) is 1. The van der Waals surface area contributed by atoms with Crippen molar-refractivity contribution in [2.75, 3.05) is 11.6 Å². The Morgan fingerprint density at radius 1 is 1.30 bits per heavy atom. The minimum atomic E-state index is -2.86. The van der Waals surface area contributed by atoms with Crippen molar-refractivity contribution < 1.29 is 18.3 Å². The van der Waals surface area contributed by atoms with Crippen molar-refractivity contribution in [3.05, 3.63) is 47.3 Å². The molecule has 27 heavy (non-hydrogen) atoms. The maximum atomic E-state index is 12.1. The molecule has 3 aromatic rings. The number of thiophene rings is 1. The molecule has 1 amide bonds. The normalized spacial score (nSPS) is 10.9. The Morgan fingerprint density at radius 3 is 2.74 bits per heavy atom. The summed E-state index contributed by atoms with van der Waals surface area (Å²) in [6, 6.07) is 9.83. The molecule has 0 saturated carbocycles. The summed E-state index contributed by atoms with van der Waals surface area (Å²) in [6.45, 7) is -2.60. The number of nitrogens with zero attached hydrogens (tertiary/aromatic N) is 3. The monoisotopic (exact) mass is 411 g/mol. The molecular formula is C16H15F2N5O2S2. The standard InChI is InChI=1S/C16H15F2N5O2S2/c17-15(18)25-11-5-3-10(4-6-11)8-20-13(24)9-27-16-22-21-14(23(16)19)12-2-1-7-26-12/h1-7,15H,8-9,19H2,(H,20,24). The molecule has 2 aromatic heterocycles. The highest BCUT2D eigenvalue weighted by atomic mass is 32.2. The van der Waals surface area contributed by atoms with E-state index in [1.165, 1.54) is 39.9 Å². The van der Waals surface area contributed by atoms with Crippen LogP contribution < -0.4 is 15.9 Å². The molecule has 0 aliphatic carbocycles. The van der Waals surface area contributed by atoms with Gasteiger partial charge in [0.25, 0.3) is 0 Å². The molecule has 11 heteroatoms. The number of rotatable bonds is 8. The molecular weight excluding hydrogens is 396 g/mol. The van der Waals surface area contributed by atoms with Gasteiger partial charge in [-0.3, -0.25) is 4.79 Å². The first-order chi connectivity index (χ1) is 13.0. The second-order valence-corrected chi connectivity index (χ2v) is 7.13. The Bertz CT molecular complexity index is 885. The Hall–Kier alpha value is -2.66. The second kappa shape index (κ2) is 8.82. The molecule has 0 aliphatic rings. The summed E-state index contributed by atoms with van der Waals surface area (Å²) in [5, 5.41) is 13.1. The minimum Gasteiger partial charge on any atom is -0.435 e. The highest BCUT2D eigenvalue weighted by Crippen LogP contribution is 2.25. The lowest BCUT2D eigenvalue weighted by Crippen LogP contribution is -2.25. The lowest BCUT2D eigenvalue weighted by atomic mass is 10.2. The summed E-state index contributed by atoms with van der Waals surface area (Å²) in [4.78, 5) is 12.9. The zero-order chi connectivity index (χ0) is 19.2. The summed E-state index contributed by atoms with van der Waals surface area (Å²) in [7, 11) is 0. The van der Waals surface area contributed by atoms with E-state index in [1.807, 2.05) is 17.5 Å². The van der Waals surface area contributed by atoms with Gasteiger partial charge in [-0.15, -0.1) is 21.5 Å². The van der Waals surface area contributed by atoms with Gasteiger partial charge in [0.05, 0.1) is 10.6 Å². The zero-order valence-corrected chi connectivity index (χ0v) is 15.5. The van der Waals surface area contributed by atoms with E-state index in [1.54, 1.807) is 12.1 Å². The van der Waals surface area contributed by atoms with Crippen molar-refractivity contribution in [1.82, 2.24) is 20.2 Å². The summed E-state index contributed by atoms with van der Waals surface area (Å²) in [5.41, 5.74) is 0.761. The van der Waals surface area contributed by atoms with Crippen LogP contribution in [0.25, 0.3) is 10.7 Å². The topological polar surface area (TPSA) is 95.1 Å². The van der Waals surface area contributed by atoms with Crippen molar-refractivity contribution in [3.8, 4) is 16.5 Å².